The van der Waals surface area contributed by atoms with Gasteiger partial charge in [-0.3, -0.25) is 14.5 Å². The van der Waals surface area contributed by atoms with E-state index < -0.39 is 22.5 Å². The van der Waals surface area contributed by atoms with E-state index in [-0.39, 0.29) is 4.90 Å². The lowest BCUT2D eigenvalue weighted by Crippen LogP contribution is -2.43. The van der Waals surface area contributed by atoms with E-state index in [4.69, 9.17) is 17.4 Å². The van der Waals surface area contributed by atoms with Crippen LogP contribution in [0.2, 0.25) is 5.02 Å². The molecular weight excluding hydrogens is 362 g/mol. The summed E-state index contributed by atoms with van der Waals surface area (Å²) < 4.78 is 27.4. The molecule has 0 heterocycles. The molecule has 6 nitrogen and oxygen atoms in total. The normalized spacial score (nSPS) is 11.2. The minimum Gasteiger partial charge on any atom is -0.293 e. The van der Waals surface area contributed by atoms with Crippen molar-refractivity contribution in [2.75, 3.05) is 10.8 Å². The summed E-state index contributed by atoms with van der Waals surface area (Å²) in [7, 11) is -3.98. The van der Waals surface area contributed by atoms with E-state index in [0.717, 1.165) is 21.0 Å². The van der Waals surface area contributed by atoms with Gasteiger partial charge in [-0.25, -0.2) is 14.3 Å². The number of hydrazine groups is 1. The fraction of sp³-hybridized carbons (Fsp3) is 0.235. The van der Waals surface area contributed by atoms with Crippen molar-refractivity contribution in [2.45, 2.75) is 25.7 Å². The Morgan fingerprint density at radius 3 is 2.12 bits per heavy atom. The van der Waals surface area contributed by atoms with Crippen molar-refractivity contribution in [1.82, 2.24) is 5.43 Å². The molecule has 0 spiro atoms. The predicted molar refractivity (Wildman–Crippen MR) is 99.0 cm³/mol. The molecule has 0 fully saturated rings. The zero-order valence-corrected chi connectivity index (χ0v) is 15.8. The van der Waals surface area contributed by atoms with E-state index in [9.17, 15) is 13.2 Å². The topological polar surface area (TPSA) is 92.5 Å². The highest BCUT2D eigenvalue weighted by Crippen LogP contribution is 2.31. The summed E-state index contributed by atoms with van der Waals surface area (Å²) in [6.07, 6.45) is 0. The standard InChI is InChI=1S/C17H20ClN3O3S/c1-11-8-12(2)17(13(3)9-11)21(10-16(22)20-19)25(23,24)15-6-4-14(18)5-7-15/h4-9H,10,19H2,1-3H3,(H,20,22). The lowest BCUT2D eigenvalue weighted by atomic mass is 10.1. The van der Waals surface area contributed by atoms with E-state index >= 15 is 0 Å². The Labute approximate surface area is 152 Å². The van der Waals surface area contributed by atoms with Gasteiger partial charge < -0.3 is 0 Å². The second kappa shape index (κ2) is 7.43. The summed E-state index contributed by atoms with van der Waals surface area (Å²) in [5.74, 6) is 4.55. The van der Waals surface area contributed by atoms with Crippen LogP contribution in [-0.2, 0) is 14.8 Å². The first-order valence-corrected chi connectivity index (χ1v) is 9.34. The number of rotatable bonds is 5. The van der Waals surface area contributed by atoms with Gasteiger partial charge in [-0.05, 0) is 56.2 Å². The molecule has 0 aliphatic heterocycles. The third-order valence-electron chi connectivity index (χ3n) is 3.73. The molecule has 1 amide bonds. The van der Waals surface area contributed by atoms with Crippen molar-refractivity contribution >= 4 is 33.2 Å². The summed E-state index contributed by atoms with van der Waals surface area (Å²) in [5, 5.41) is 0.424. The smallest absolute Gasteiger partial charge is 0.264 e. The number of benzene rings is 2. The number of amides is 1. The highest BCUT2D eigenvalue weighted by Gasteiger charge is 2.29. The summed E-state index contributed by atoms with van der Waals surface area (Å²) in [5.41, 5.74) is 4.95. The van der Waals surface area contributed by atoms with Crippen LogP contribution in [0, 0.1) is 20.8 Å². The Bertz CT molecular complexity index is 873. The van der Waals surface area contributed by atoms with E-state index in [2.05, 4.69) is 0 Å². The molecule has 134 valence electrons. The van der Waals surface area contributed by atoms with Gasteiger partial charge in [0, 0.05) is 5.02 Å². The molecule has 0 bridgehead atoms. The van der Waals surface area contributed by atoms with Crippen LogP contribution in [0.3, 0.4) is 0 Å². The Morgan fingerprint density at radius 1 is 1.12 bits per heavy atom. The zero-order valence-electron chi connectivity index (χ0n) is 14.2. The Morgan fingerprint density at radius 2 is 1.64 bits per heavy atom. The number of nitrogens with zero attached hydrogens (tertiary/aromatic N) is 1. The first kappa shape index (κ1) is 19.2. The molecule has 0 aliphatic rings. The maximum atomic E-state index is 13.1. The molecule has 2 aromatic rings. The molecule has 8 heteroatoms. The highest BCUT2D eigenvalue weighted by atomic mass is 35.5. The van der Waals surface area contributed by atoms with E-state index in [1.165, 1.54) is 24.3 Å². The third-order valence-corrected chi connectivity index (χ3v) is 5.75. The lowest BCUT2D eigenvalue weighted by Gasteiger charge is -2.27. The number of aryl methyl sites for hydroxylation is 3. The van der Waals surface area contributed by atoms with Gasteiger partial charge in [0.1, 0.15) is 6.54 Å². The van der Waals surface area contributed by atoms with Crippen LogP contribution in [-0.4, -0.2) is 20.9 Å². The maximum Gasteiger partial charge on any atom is 0.264 e. The number of anilines is 1. The number of nitrogens with one attached hydrogen (secondary N) is 1. The maximum absolute atomic E-state index is 13.1. The molecular formula is C17H20ClN3O3S. The number of carbonyl (C=O) groups excluding carboxylic acids is 1. The first-order chi connectivity index (χ1) is 11.7. The van der Waals surface area contributed by atoms with Gasteiger partial charge in [-0.1, -0.05) is 29.3 Å². The van der Waals surface area contributed by atoms with Crippen molar-refractivity contribution in [1.29, 1.82) is 0 Å². The molecule has 0 unspecified atom stereocenters. The average Bonchev–Trinajstić information content (AvgIpc) is 2.53. The van der Waals surface area contributed by atoms with Crippen LogP contribution in [0.1, 0.15) is 16.7 Å². The molecule has 0 atom stereocenters. The minimum atomic E-state index is -3.98. The van der Waals surface area contributed by atoms with E-state index in [0.29, 0.717) is 10.7 Å². The molecule has 0 radical (unpaired) electrons. The van der Waals surface area contributed by atoms with Gasteiger partial charge in [0.05, 0.1) is 10.6 Å². The number of nitrogens with two attached hydrogens (primary N) is 1. The van der Waals surface area contributed by atoms with Gasteiger partial charge in [0.2, 0.25) is 0 Å². The molecule has 3 N–H and O–H groups in total. The van der Waals surface area contributed by atoms with Crippen molar-refractivity contribution in [3.63, 3.8) is 0 Å². The van der Waals surface area contributed by atoms with Crippen molar-refractivity contribution in [2.24, 2.45) is 5.84 Å². The Hall–Kier alpha value is -2.09. The molecule has 0 aromatic heterocycles. The Kier molecular flexibility index (Phi) is 5.72. The number of hydrogen-bond acceptors (Lipinski definition) is 4. The second-order valence-electron chi connectivity index (χ2n) is 5.78. The summed E-state index contributed by atoms with van der Waals surface area (Å²) in [4.78, 5) is 11.9. The van der Waals surface area contributed by atoms with Gasteiger partial charge >= 0.3 is 0 Å². The van der Waals surface area contributed by atoms with Gasteiger partial charge in [0.15, 0.2) is 0 Å². The van der Waals surface area contributed by atoms with Crippen LogP contribution in [0.5, 0.6) is 0 Å². The SMILES string of the molecule is Cc1cc(C)c(N(CC(=O)NN)S(=O)(=O)c2ccc(Cl)cc2)c(C)c1. The van der Waals surface area contributed by atoms with Crippen LogP contribution in [0.25, 0.3) is 0 Å². The molecule has 0 aliphatic carbocycles. The molecule has 2 aromatic carbocycles. The minimum absolute atomic E-state index is 0.0427. The zero-order chi connectivity index (χ0) is 18.8. The van der Waals surface area contributed by atoms with Crippen molar-refractivity contribution < 1.29 is 13.2 Å². The average molecular weight is 382 g/mol. The fourth-order valence-electron chi connectivity index (χ4n) is 2.76. The summed E-state index contributed by atoms with van der Waals surface area (Å²) in [6.45, 7) is 5.11. The first-order valence-electron chi connectivity index (χ1n) is 7.52. The summed E-state index contributed by atoms with van der Waals surface area (Å²) >= 11 is 5.84. The molecule has 0 saturated heterocycles. The summed E-state index contributed by atoms with van der Waals surface area (Å²) in [6, 6.07) is 9.53. The third kappa shape index (κ3) is 4.12. The number of carbonyl (C=O) groups is 1. The van der Waals surface area contributed by atoms with Crippen molar-refractivity contribution in [3.05, 3.63) is 58.1 Å². The molecule has 25 heavy (non-hydrogen) atoms. The molecule has 2 rings (SSSR count). The number of halogens is 1. The lowest BCUT2D eigenvalue weighted by molar-refractivity contribution is -0.119. The molecule has 0 saturated carbocycles. The second-order valence-corrected chi connectivity index (χ2v) is 8.08. The fourth-order valence-corrected chi connectivity index (χ4v) is 4.44. The quantitative estimate of drug-likeness (QED) is 0.472. The van der Waals surface area contributed by atoms with Crippen LogP contribution < -0.4 is 15.6 Å². The van der Waals surface area contributed by atoms with Gasteiger partial charge in [-0.2, -0.15) is 0 Å². The monoisotopic (exact) mass is 381 g/mol. The van der Waals surface area contributed by atoms with E-state index in [1.807, 2.05) is 24.5 Å². The number of sulfonamides is 1. The van der Waals surface area contributed by atoms with Crippen molar-refractivity contribution in [3.8, 4) is 0 Å². The van der Waals surface area contributed by atoms with Crippen LogP contribution in [0.4, 0.5) is 5.69 Å². The number of hydrogen-bond donors (Lipinski definition) is 2. The van der Waals surface area contributed by atoms with Crippen LogP contribution in [0.15, 0.2) is 41.3 Å². The van der Waals surface area contributed by atoms with Gasteiger partial charge in [-0.15, -0.1) is 0 Å². The van der Waals surface area contributed by atoms with Crippen LogP contribution >= 0.6 is 11.6 Å². The predicted octanol–water partition coefficient (Wildman–Crippen LogP) is 2.45. The van der Waals surface area contributed by atoms with Gasteiger partial charge in [0.25, 0.3) is 15.9 Å². The Balaban J connectivity index is 2.65. The van der Waals surface area contributed by atoms with E-state index in [1.54, 1.807) is 13.8 Å². The highest BCUT2D eigenvalue weighted by molar-refractivity contribution is 7.92. The largest absolute Gasteiger partial charge is 0.293 e.